The van der Waals surface area contributed by atoms with E-state index in [2.05, 4.69) is 0 Å². The van der Waals surface area contributed by atoms with Gasteiger partial charge >= 0.3 is 0 Å². The van der Waals surface area contributed by atoms with Crippen molar-refractivity contribution in [1.29, 1.82) is 0 Å². The molecule has 0 bridgehead atoms. The number of aliphatic hydroxyl groups excluding tert-OH is 2. The van der Waals surface area contributed by atoms with Gasteiger partial charge in [-0.15, -0.1) is 0 Å². The SMILES string of the molecule is C(OCC1CO1)C1CO1.CC(O)C(CO)c1ccccc1. The Morgan fingerprint density at radius 2 is 1.67 bits per heavy atom. The second-order valence-electron chi connectivity index (χ2n) is 5.39. The summed E-state index contributed by atoms with van der Waals surface area (Å²) >= 11 is 0. The van der Waals surface area contributed by atoms with Gasteiger partial charge in [0.1, 0.15) is 12.2 Å². The smallest absolute Gasteiger partial charge is 0.104 e. The summed E-state index contributed by atoms with van der Waals surface area (Å²) in [5.74, 6) is -0.161. The van der Waals surface area contributed by atoms with Crippen molar-refractivity contribution >= 4 is 0 Å². The molecule has 0 spiro atoms. The van der Waals surface area contributed by atoms with Crippen LogP contribution < -0.4 is 0 Å². The molecule has 21 heavy (non-hydrogen) atoms. The van der Waals surface area contributed by atoms with E-state index < -0.39 is 6.10 Å². The number of hydrogen-bond acceptors (Lipinski definition) is 5. The van der Waals surface area contributed by atoms with Gasteiger partial charge < -0.3 is 24.4 Å². The number of hydrogen-bond donors (Lipinski definition) is 2. The fraction of sp³-hybridized carbons (Fsp3) is 0.625. The second-order valence-corrected chi connectivity index (χ2v) is 5.39. The molecule has 1 aromatic rings. The van der Waals surface area contributed by atoms with Gasteiger partial charge in [-0.3, -0.25) is 0 Å². The minimum Gasteiger partial charge on any atom is -0.396 e. The average molecular weight is 296 g/mol. The van der Waals surface area contributed by atoms with E-state index in [4.69, 9.17) is 19.3 Å². The van der Waals surface area contributed by atoms with Crippen molar-refractivity contribution in [3.63, 3.8) is 0 Å². The van der Waals surface area contributed by atoms with Crippen LogP contribution >= 0.6 is 0 Å². The molecule has 2 aliphatic heterocycles. The van der Waals surface area contributed by atoms with Gasteiger partial charge in [-0.2, -0.15) is 0 Å². The van der Waals surface area contributed by atoms with Crippen LogP contribution in [0.5, 0.6) is 0 Å². The highest BCUT2D eigenvalue weighted by Gasteiger charge is 2.26. The molecule has 5 nitrogen and oxygen atoms in total. The number of benzene rings is 1. The van der Waals surface area contributed by atoms with E-state index in [1.54, 1.807) is 6.92 Å². The fourth-order valence-electron chi connectivity index (χ4n) is 1.90. The maximum absolute atomic E-state index is 9.31. The molecule has 2 fully saturated rings. The summed E-state index contributed by atoms with van der Waals surface area (Å²) in [6.07, 6.45) is 0.282. The van der Waals surface area contributed by atoms with E-state index in [-0.39, 0.29) is 12.5 Å². The predicted octanol–water partition coefficient (Wildman–Crippen LogP) is 0.944. The maximum Gasteiger partial charge on any atom is 0.104 e. The third kappa shape index (κ3) is 6.54. The van der Waals surface area contributed by atoms with E-state index in [9.17, 15) is 5.11 Å². The summed E-state index contributed by atoms with van der Waals surface area (Å²) in [5.41, 5.74) is 0.981. The highest BCUT2D eigenvalue weighted by Crippen LogP contribution is 2.18. The Morgan fingerprint density at radius 1 is 1.14 bits per heavy atom. The third-order valence-electron chi connectivity index (χ3n) is 3.42. The first kappa shape index (κ1) is 16.4. The Balaban J connectivity index is 0.000000159. The summed E-state index contributed by atoms with van der Waals surface area (Å²) in [4.78, 5) is 0. The van der Waals surface area contributed by atoms with Crippen LogP contribution in [-0.4, -0.2) is 61.6 Å². The lowest BCUT2D eigenvalue weighted by molar-refractivity contribution is 0.102. The number of aliphatic hydroxyl groups is 2. The lowest BCUT2D eigenvalue weighted by Crippen LogP contribution is -2.18. The monoisotopic (exact) mass is 296 g/mol. The summed E-state index contributed by atoms with van der Waals surface area (Å²) in [6, 6.07) is 9.54. The van der Waals surface area contributed by atoms with Crippen LogP contribution in [0, 0.1) is 0 Å². The molecule has 4 unspecified atom stereocenters. The lowest BCUT2D eigenvalue weighted by atomic mass is 9.95. The molecule has 2 heterocycles. The molecule has 4 atom stereocenters. The van der Waals surface area contributed by atoms with E-state index >= 15 is 0 Å². The first-order valence-corrected chi connectivity index (χ1v) is 7.35. The first-order valence-electron chi connectivity index (χ1n) is 7.35. The average Bonchev–Trinajstić information content (AvgIpc) is 3.36. The Kier molecular flexibility index (Phi) is 6.60. The van der Waals surface area contributed by atoms with Gasteiger partial charge in [0.05, 0.1) is 39.1 Å². The minimum atomic E-state index is -0.502. The topological polar surface area (TPSA) is 74.8 Å². The van der Waals surface area contributed by atoms with Crippen LogP contribution in [0.1, 0.15) is 18.4 Å². The van der Waals surface area contributed by atoms with Crippen LogP contribution in [-0.2, 0) is 14.2 Å². The van der Waals surface area contributed by atoms with Gasteiger partial charge in [-0.1, -0.05) is 30.3 Å². The number of rotatable bonds is 7. The van der Waals surface area contributed by atoms with Crippen LogP contribution in [0.15, 0.2) is 30.3 Å². The zero-order valence-electron chi connectivity index (χ0n) is 12.4. The summed E-state index contributed by atoms with van der Waals surface area (Å²) in [7, 11) is 0. The zero-order valence-corrected chi connectivity index (χ0v) is 12.4. The molecular formula is C16H24O5. The van der Waals surface area contributed by atoms with E-state index in [1.165, 1.54) is 0 Å². The molecule has 0 amide bonds. The van der Waals surface area contributed by atoms with Crippen molar-refractivity contribution < 1.29 is 24.4 Å². The van der Waals surface area contributed by atoms with Gasteiger partial charge in [0.15, 0.2) is 0 Å². The molecule has 3 rings (SSSR count). The van der Waals surface area contributed by atoms with Crippen molar-refractivity contribution in [2.24, 2.45) is 0 Å². The van der Waals surface area contributed by atoms with Gasteiger partial charge in [-0.05, 0) is 12.5 Å². The van der Waals surface area contributed by atoms with Crippen molar-refractivity contribution in [2.45, 2.75) is 31.2 Å². The van der Waals surface area contributed by atoms with Crippen molar-refractivity contribution in [2.75, 3.05) is 33.0 Å². The molecular weight excluding hydrogens is 272 g/mol. The van der Waals surface area contributed by atoms with E-state index in [1.807, 2.05) is 30.3 Å². The Labute approximate surface area is 125 Å². The molecule has 0 aliphatic carbocycles. The first-order chi connectivity index (χ1) is 10.2. The van der Waals surface area contributed by atoms with Crippen molar-refractivity contribution in [3.8, 4) is 0 Å². The summed E-state index contributed by atoms with van der Waals surface area (Å²) in [6.45, 7) is 4.94. The molecule has 2 saturated heterocycles. The number of epoxide rings is 2. The molecule has 0 saturated carbocycles. The molecule has 2 aliphatic rings. The van der Waals surface area contributed by atoms with Crippen LogP contribution in [0.3, 0.4) is 0 Å². The molecule has 118 valence electrons. The molecule has 0 radical (unpaired) electrons. The van der Waals surface area contributed by atoms with Crippen LogP contribution in [0.2, 0.25) is 0 Å². The largest absolute Gasteiger partial charge is 0.396 e. The molecule has 5 heteroatoms. The Bertz CT molecular complexity index is 375. The molecule has 1 aromatic carbocycles. The second kappa shape index (κ2) is 8.46. The maximum atomic E-state index is 9.31. The summed E-state index contributed by atoms with van der Waals surface area (Å²) in [5, 5.41) is 18.3. The van der Waals surface area contributed by atoms with Crippen LogP contribution in [0.4, 0.5) is 0 Å². The van der Waals surface area contributed by atoms with Crippen LogP contribution in [0.25, 0.3) is 0 Å². The lowest BCUT2D eigenvalue weighted by Gasteiger charge is -2.17. The predicted molar refractivity (Wildman–Crippen MR) is 78.2 cm³/mol. The molecule has 0 aromatic heterocycles. The van der Waals surface area contributed by atoms with Gasteiger partial charge in [0, 0.05) is 5.92 Å². The van der Waals surface area contributed by atoms with Crippen molar-refractivity contribution in [3.05, 3.63) is 35.9 Å². The highest BCUT2D eigenvalue weighted by molar-refractivity contribution is 5.20. The minimum absolute atomic E-state index is 0.0122. The normalized spacial score (nSPS) is 25.5. The fourth-order valence-corrected chi connectivity index (χ4v) is 1.90. The third-order valence-corrected chi connectivity index (χ3v) is 3.42. The van der Waals surface area contributed by atoms with Gasteiger partial charge in [-0.25, -0.2) is 0 Å². The standard InChI is InChI=1S/C10H14O2.C6H10O3/c1-8(12)10(7-11)9-5-3-2-4-6-9;1(5-3-8-5)7-2-6-4-9-6/h2-6,8,10-12H,7H2,1H3;5-6H,1-4H2. The Hall–Kier alpha value is -0.980. The quantitative estimate of drug-likeness (QED) is 0.733. The Morgan fingerprint density at radius 3 is 2.05 bits per heavy atom. The highest BCUT2D eigenvalue weighted by atomic mass is 16.6. The zero-order chi connectivity index (χ0) is 15.1. The summed E-state index contributed by atoms with van der Waals surface area (Å²) < 4.78 is 15.1. The van der Waals surface area contributed by atoms with Gasteiger partial charge in [0.2, 0.25) is 0 Å². The van der Waals surface area contributed by atoms with E-state index in [0.717, 1.165) is 32.0 Å². The van der Waals surface area contributed by atoms with E-state index in [0.29, 0.717) is 12.2 Å². The van der Waals surface area contributed by atoms with Crippen molar-refractivity contribution in [1.82, 2.24) is 0 Å². The number of ether oxygens (including phenoxy) is 3. The van der Waals surface area contributed by atoms with Gasteiger partial charge in [0.25, 0.3) is 0 Å². The molecule has 2 N–H and O–H groups in total.